The predicted octanol–water partition coefficient (Wildman–Crippen LogP) is 3.12. The molecule has 1 aromatic heterocycles. The third kappa shape index (κ3) is 2.28. The van der Waals surface area contributed by atoms with Crippen LogP contribution in [-0.4, -0.2) is 10.2 Å². The largest absolute Gasteiger partial charge is 0.320 e. The van der Waals surface area contributed by atoms with E-state index in [2.05, 4.69) is 22.3 Å². The Kier molecular flexibility index (Phi) is 3.12. The molecule has 94 valence electrons. The second-order valence-electron chi connectivity index (χ2n) is 4.45. The van der Waals surface area contributed by atoms with Gasteiger partial charge >= 0.3 is 0 Å². The Morgan fingerprint density at radius 3 is 2.21 bits per heavy atom. The van der Waals surface area contributed by atoms with Gasteiger partial charge in [0, 0.05) is 5.56 Å². The maximum absolute atomic E-state index is 6.34. The Morgan fingerprint density at radius 2 is 1.53 bits per heavy atom. The van der Waals surface area contributed by atoms with Crippen molar-refractivity contribution in [3.05, 3.63) is 78.0 Å². The van der Waals surface area contributed by atoms with Crippen molar-refractivity contribution in [2.24, 2.45) is 5.73 Å². The van der Waals surface area contributed by atoms with Gasteiger partial charge in [-0.15, -0.1) is 0 Å². The monoisotopic (exact) mass is 249 g/mol. The third-order valence-corrected chi connectivity index (χ3v) is 3.22. The third-order valence-electron chi connectivity index (χ3n) is 3.22. The van der Waals surface area contributed by atoms with Gasteiger partial charge in [-0.2, -0.15) is 5.10 Å². The number of aromatic amines is 1. The Bertz CT molecular complexity index is 644. The summed E-state index contributed by atoms with van der Waals surface area (Å²) in [5.74, 6) is 0. The summed E-state index contributed by atoms with van der Waals surface area (Å²) >= 11 is 0. The second kappa shape index (κ2) is 5.08. The summed E-state index contributed by atoms with van der Waals surface area (Å²) in [5.41, 5.74) is 10.5. The highest BCUT2D eigenvalue weighted by Crippen LogP contribution is 2.28. The van der Waals surface area contributed by atoms with Crippen LogP contribution in [0.4, 0.5) is 0 Å². The van der Waals surface area contributed by atoms with Gasteiger partial charge in [-0.1, -0.05) is 60.7 Å². The maximum atomic E-state index is 6.34. The van der Waals surface area contributed by atoms with Gasteiger partial charge in [-0.25, -0.2) is 0 Å². The molecule has 0 fully saturated rings. The summed E-state index contributed by atoms with van der Waals surface area (Å²) in [6, 6.07) is 20.0. The average molecular weight is 249 g/mol. The number of rotatable bonds is 3. The quantitative estimate of drug-likeness (QED) is 0.749. The zero-order valence-corrected chi connectivity index (χ0v) is 10.5. The van der Waals surface area contributed by atoms with Crippen molar-refractivity contribution in [2.45, 2.75) is 6.04 Å². The van der Waals surface area contributed by atoms with E-state index < -0.39 is 0 Å². The summed E-state index contributed by atoms with van der Waals surface area (Å²) in [4.78, 5) is 0. The van der Waals surface area contributed by atoms with Crippen LogP contribution in [0.3, 0.4) is 0 Å². The summed E-state index contributed by atoms with van der Waals surface area (Å²) in [5, 5.41) is 7.18. The van der Waals surface area contributed by atoms with Crippen LogP contribution in [0.2, 0.25) is 0 Å². The smallest absolute Gasteiger partial charge is 0.0701 e. The highest BCUT2D eigenvalue weighted by molar-refractivity contribution is 5.64. The molecule has 0 radical (unpaired) electrons. The van der Waals surface area contributed by atoms with Gasteiger partial charge in [0.2, 0.25) is 0 Å². The van der Waals surface area contributed by atoms with Crippen molar-refractivity contribution in [1.82, 2.24) is 10.2 Å². The van der Waals surface area contributed by atoms with E-state index in [1.165, 1.54) is 0 Å². The molecule has 3 N–H and O–H groups in total. The van der Waals surface area contributed by atoms with E-state index in [0.717, 1.165) is 22.4 Å². The molecular formula is C16H15N3. The summed E-state index contributed by atoms with van der Waals surface area (Å²) in [7, 11) is 0. The first-order valence-electron chi connectivity index (χ1n) is 6.25. The van der Waals surface area contributed by atoms with Crippen molar-refractivity contribution >= 4 is 0 Å². The molecule has 1 heterocycles. The fourth-order valence-electron chi connectivity index (χ4n) is 2.21. The number of hydrogen-bond donors (Lipinski definition) is 2. The molecule has 3 aromatic rings. The molecule has 1 unspecified atom stereocenters. The predicted molar refractivity (Wildman–Crippen MR) is 76.5 cm³/mol. The number of hydrogen-bond acceptors (Lipinski definition) is 2. The van der Waals surface area contributed by atoms with Crippen LogP contribution in [0.15, 0.2) is 66.9 Å². The Balaban J connectivity index is 2.01. The molecule has 0 amide bonds. The number of nitrogens with one attached hydrogen (secondary N) is 1. The Labute approximate surface area is 112 Å². The van der Waals surface area contributed by atoms with Crippen molar-refractivity contribution in [3.8, 4) is 11.3 Å². The van der Waals surface area contributed by atoms with E-state index in [1.807, 2.05) is 48.5 Å². The highest BCUT2D eigenvalue weighted by atomic mass is 15.1. The first kappa shape index (κ1) is 11.7. The van der Waals surface area contributed by atoms with Crippen LogP contribution in [0.25, 0.3) is 11.3 Å². The van der Waals surface area contributed by atoms with Crippen LogP contribution in [0.5, 0.6) is 0 Å². The van der Waals surface area contributed by atoms with Gasteiger partial charge in [0.05, 0.1) is 17.9 Å². The molecule has 19 heavy (non-hydrogen) atoms. The normalized spacial score (nSPS) is 12.3. The first-order chi connectivity index (χ1) is 9.36. The van der Waals surface area contributed by atoms with Gasteiger partial charge in [-0.05, 0) is 11.1 Å². The van der Waals surface area contributed by atoms with Crippen molar-refractivity contribution in [3.63, 3.8) is 0 Å². The molecule has 0 saturated carbocycles. The SMILES string of the molecule is NC(c1ccccc1)c1cn[nH]c1-c1ccccc1. The van der Waals surface area contributed by atoms with Crippen LogP contribution in [0, 0.1) is 0 Å². The van der Waals surface area contributed by atoms with E-state index >= 15 is 0 Å². The molecule has 0 aliphatic heterocycles. The minimum Gasteiger partial charge on any atom is -0.320 e. The fraction of sp³-hybridized carbons (Fsp3) is 0.0625. The topological polar surface area (TPSA) is 54.7 Å². The van der Waals surface area contributed by atoms with Gasteiger partial charge < -0.3 is 5.73 Å². The molecule has 0 aliphatic rings. The lowest BCUT2D eigenvalue weighted by atomic mass is 9.97. The van der Waals surface area contributed by atoms with Crippen LogP contribution in [0.1, 0.15) is 17.2 Å². The molecule has 0 spiro atoms. The van der Waals surface area contributed by atoms with E-state index in [9.17, 15) is 0 Å². The molecule has 0 aliphatic carbocycles. The lowest BCUT2D eigenvalue weighted by molar-refractivity contribution is 0.875. The van der Waals surface area contributed by atoms with Crippen LogP contribution < -0.4 is 5.73 Å². The molecule has 0 saturated heterocycles. The number of benzene rings is 2. The fourth-order valence-corrected chi connectivity index (χ4v) is 2.21. The Morgan fingerprint density at radius 1 is 0.895 bits per heavy atom. The molecule has 3 nitrogen and oxygen atoms in total. The van der Waals surface area contributed by atoms with Gasteiger partial charge in [0.1, 0.15) is 0 Å². The second-order valence-corrected chi connectivity index (χ2v) is 4.45. The molecule has 2 aromatic carbocycles. The molecule has 1 atom stereocenters. The maximum Gasteiger partial charge on any atom is 0.0701 e. The zero-order valence-electron chi connectivity index (χ0n) is 10.5. The number of nitrogens with two attached hydrogens (primary N) is 1. The van der Waals surface area contributed by atoms with Gasteiger partial charge in [0.25, 0.3) is 0 Å². The first-order valence-corrected chi connectivity index (χ1v) is 6.25. The van der Waals surface area contributed by atoms with E-state index in [1.54, 1.807) is 6.20 Å². The Hall–Kier alpha value is -2.39. The molecule has 3 rings (SSSR count). The standard InChI is InChI=1S/C16H15N3/c17-15(12-7-3-1-4-8-12)14-11-18-19-16(14)13-9-5-2-6-10-13/h1-11,15H,17H2,(H,18,19). The number of H-pyrrole nitrogens is 1. The number of nitrogens with zero attached hydrogens (tertiary/aromatic N) is 1. The van der Waals surface area contributed by atoms with Gasteiger partial charge in [-0.3, -0.25) is 5.10 Å². The molecular weight excluding hydrogens is 234 g/mol. The molecule has 0 bridgehead atoms. The van der Waals surface area contributed by atoms with E-state index in [0.29, 0.717) is 0 Å². The number of aromatic nitrogens is 2. The molecule has 3 heteroatoms. The van der Waals surface area contributed by atoms with Crippen molar-refractivity contribution in [2.75, 3.05) is 0 Å². The lowest BCUT2D eigenvalue weighted by Gasteiger charge is -2.12. The van der Waals surface area contributed by atoms with Crippen molar-refractivity contribution in [1.29, 1.82) is 0 Å². The average Bonchev–Trinajstić information content (AvgIpc) is 2.98. The van der Waals surface area contributed by atoms with Crippen LogP contribution in [-0.2, 0) is 0 Å². The van der Waals surface area contributed by atoms with Crippen molar-refractivity contribution < 1.29 is 0 Å². The zero-order chi connectivity index (χ0) is 13.1. The summed E-state index contributed by atoms with van der Waals surface area (Å²) in [6.45, 7) is 0. The van der Waals surface area contributed by atoms with E-state index in [4.69, 9.17) is 5.73 Å². The lowest BCUT2D eigenvalue weighted by Crippen LogP contribution is -2.11. The van der Waals surface area contributed by atoms with Gasteiger partial charge in [0.15, 0.2) is 0 Å². The minimum absolute atomic E-state index is 0.171. The minimum atomic E-state index is -0.171. The van der Waals surface area contributed by atoms with E-state index in [-0.39, 0.29) is 6.04 Å². The summed E-state index contributed by atoms with van der Waals surface area (Å²) in [6.07, 6.45) is 1.81. The van der Waals surface area contributed by atoms with Crippen LogP contribution >= 0.6 is 0 Å². The summed E-state index contributed by atoms with van der Waals surface area (Å²) < 4.78 is 0. The highest BCUT2D eigenvalue weighted by Gasteiger charge is 2.15.